The number of pyridine rings is 1. The number of hydrogen-bond acceptors (Lipinski definition) is 7. The normalized spacial score (nSPS) is 20.6. The van der Waals surface area contributed by atoms with E-state index in [1.807, 2.05) is 27.6 Å². The zero-order valence-electron chi connectivity index (χ0n) is 20.0. The molecule has 3 aromatic heterocycles. The molecule has 0 aliphatic carbocycles. The summed E-state index contributed by atoms with van der Waals surface area (Å²) in [5.74, 6) is 1.09. The minimum Gasteiger partial charge on any atom is -0.382 e. The zero-order chi connectivity index (χ0) is 25.6. The van der Waals surface area contributed by atoms with E-state index in [1.54, 1.807) is 42.7 Å². The van der Waals surface area contributed by atoms with E-state index in [1.165, 1.54) is 6.08 Å². The third kappa shape index (κ3) is 3.73. The van der Waals surface area contributed by atoms with Crippen LogP contribution in [0, 0.1) is 0 Å². The number of imidazole rings is 1. The Morgan fingerprint density at radius 3 is 2.76 bits per heavy atom. The Bertz CT molecular complexity index is 1520. The van der Waals surface area contributed by atoms with Crippen LogP contribution in [-0.2, 0) is 15.1 Å². The average molecular weight is 496 g/mol. The van der Waals surface area contributed by atoms with Crippen molar-refractivity contribution in [3.63, 3.8) is 0 Å². The highest BCUT2D eigenvalue weighted by Gasteiger charge is 2.54. The van der Waals surface area contributed by atoms with Crippen molar-refractivity contribution in [1.82, 2.24) is 24.3 Å². The predicted octanol–water partition coefficient (Wildman–Crippen LogP) is 3.03. The number of fused-ring (bicyclic) bond motifs is 3. The summed E-state index contributed by atoms with van der Waals surface area (Å²) in [6, 6.07) is 12.4. The molecule has 2 atom stereocenters. The molecule has 1 aromatic carbocycles. The first-order valence-electron chi connectivity index (χ1n) is 12.0. The second-order valence-corrected chi connectivity index (χ2v) is 9.19. The number of aromatic nitrogens is 4. The lowest BCUT2D eigenvalue weighted by Crippen LogP contribution is -2.46. The standard InChI is InChI=1S/C27H25N7O3/c1-2-21(35)34-16-19-15-27(34,10-14-37-19)26-32-22(23-24(28)30-12-13-33(23)26)17-6-8-18(9-7-17)25(36)31-20-5-3-4-11-29-20/h2-9,11-13,19H,1,10,14-16H2,(H2,28,30)(H,29,31,36)/t19-,27?/m0/s1. The molecule has 0 saturated carbocycles. The van der Waals surface area contributed by atoms with E-state index in [9.17, 15) is 9.59 Å². The average Bonchev–Trinajstić information content (AvgIpc) is 3.45. The lowest BCUT2D eigenvalue weighted by molar-refractivity contribution is -0.131. The summed E-state index contributed by atoms with van der Waals surface area (Å²) >= 11 is 0. The van der Waals surface area contributed by atoms with Crippen LogP contribution in [-0.4, -0.2) is 55.3 Å². The Hall–Kier alpha value is -4.57. The van der Waals surface area contributed by atoms with Crippen molar-refractivity contribution < 1.29 is 14.3 Å². The Labute approximate surface area is 212 Å². The molecule has 2 aliphatic rings. The molecule has 2 saturated heterocycles. The van der Waals surface area contributed by atoms with Gasteiger partial charge in [-0.3, -0.25) is 14.0 Å². The number of amides is 2. The quantitative estimate of drug-likeness (QED) is 0.407. The number of carbonyl (C=O) groups is 2. The lowest BCUT2D eigenvalue weighted by Gasteiger charge is -2.37. The molecule has 2 bridgehead atoms. The van der Waals surface area contributed by atoms with Crippen LogP contribution in [0.15, 0.2) is 73.7 Å². The van der Waals surface area contributed by atoms with Crippen LogP contribution >= 0.6 is 0 Å². The maximum atomic E-state index is 12.9. The van der Waals surface area contributed by atoms with E-state index in [0.717, 1.165) is 5.56 Å². The van der Waals surface area contributed by atoms with Crippen LogP contribution in [0.5, 0.6) is 0 Å². The summed E-state index contributed by atoms with van der Waals surface area (Å²) in [4.78, 5) is 40.9. The Balaban J connectivity index is 1.42. The van der Waals surface area contributed by atoms with Crippen LogP contribution in [0.3, 0.4) is 0 Å². The van der Waals surface area contributed by atoms with Crippen molar-refractivity contribution in [3.8, 4) is 11.3 Å². The third-order valence-electron chi connectivity index (χ3n) is 7.10. The number of anilines is 2. The molecule has 1 unspecified atom stereocenters. The molecule has 10 heteroatoms. The molecular weight excluding hydrogens is 470 g/mol. The van der Waals surface area contributed by atoms with Gasteiger partial charge in [0.05, 0.1) is 6.10 Å². The van der Waals surface area contributed by atoms with Gasteiger partial charge in [-0.05, 0) is 30.3 Å². The fourth-order valence-corrected chi connectivity index (χ4v) is 5.41. The van der Waals surface area contributed by atoms with Gasteiger partial charge < -0.3 is 20.7 Å². The summed E-state index contributed by atoms with van der Waals surface area (Å²) < 4.78 is 7.83. The lowest BCUT2D eigenvalue weighted by atomic mass is 9.88. The topological polar surface area (TPSA) is 128 Å². The van der Waals surface area contributed by atoms with Crippen molar-refractivity contribution in [2.24, 2.45) is 0 Å². The molecule has 0 radical (unpaired) electrons. The number of rotatable bonds is 5. The second kappa shape index (κ2) is 8.82. The molecule has 37 heavy (non-hydrogen) atoms. The van der Waals surface area contributed by atoms with Gasteiger partial charge >= 0.3 is 0 Å². The van der Waals surface area contributed by atoms with Gasteiger partial charge in [-0.15, -0.1) is 0 Å². The predicted molar refractivity (Wildman–Crippen MR) is 138 cm³/mol. The summed E-state index contributed by atoms with van der Waals surface area (Å²) in [7, 11) is 0. The molecule has 6 rings (SSSR count). The van der Waals surface area contributed by atoms with E-state index in [2.05, 4.69) is 21.9 Å². The van der Waals surface area contributed by atoms with E-state index in [0.29, 0.717) is 60.2 Å². The number of nitrogen functional groups attached to an aromatic ring is 1. The van der Waals surface area contributed by atoms with Gasteiger partial charge in [0.1, 0.15) is 34.2 Å². The van der Waals surface area contributed by atoms with Gasteiger partial charge in [-0.25, -0.2) is 15.0 Å². The van der Waals surface area contributed by atoms with Crippen molar-refractivity contribution in [2.45, 2.75) is 24.5 Å². The molecule has 2 aliphatic heterocycles. The zero-order valence-corrected chi connectivity index (χ0v) is 20.0. The monoisotopic (exact) mass is 495 g/mol. The summed E-state index contributed by atoms with van der Waals surface area (Å²) in [6.07, 6.45) is 7.59. The molecule has 186 valence electrons. The SMILES string of the molecule is C=CC(=O)N1C[C@@H]2CC1(c1nc(-c3ccc(C(=O)Nc4ccccn4)cc3)c3c(N)nccn13)CCO2. The molecule has 3 N–H and O–H groups in total. The van der Waals surface area contributed by atoms with Crippen LogP contribution in [0.2, 0.25) is 0 Å². The first kappa shape index (κ1) is 22.9. The van der Waals surface area contributed by atoms with Crippen LogP contribution in [0.4, 0.5) is 11.6 Å². The van der Waals surface area contributed by atoms with E-state index >= 15 is 0 Å². The molecule has 4 aromatic rings. The van der Waals surface area contributed by atoms with Crippen molar-refractivity contribution in [3.05, 3.63) is 85.1 Å². The number of nitrogens with two attached hydrogens (primary N) is 1. The highest BCUT2D eigenvalue weighted by Crippen LogP contribution is 2.47. The van der Waals surface area contributed by atoms with Crippen LogP contribution in [0.25, 0.3) is 16.8 Å². The minimum absolute atomic E-state index is 0.0652. The fraction of sp³-hybridized carbons (Fsp3) is 0.222. The number of benzene rings is 1. The van der Waals surface area contributed by atoms with Crippen molar-refractivity contribution in [1.29, 1.82) is 0 Å². The summed E-state index contributed by atoms with van der Waals surface area (Å²) in [5.41, 5.74) is 8.24. The highest BCUT2D eigenvalue weighted by atomic mass is 16.5. The summed E-state index contributed by atoms with van der Waals surface area (Å²) in [5, 5.41) is 2.78. The van der Waals surface area contributed by atoms with Gasteiger partial charge in [-0.1, -0.05) is 24.8 Å². The third-order valence-corrected chi connectivity index (χ3v) is 7.10. The van der Waals surface area contributed by atoms with Gasteiger partial charge in [0.15, 0.2) is 0 Å². The maximum absolute atomic E-state index is 12.9. The molecule has 10 nitrogen and oxygen atoms in total. The second-order valence-electron chi connectivity index (χ2n) is 9.19. The molecule has 2 amide bonds. The molecule has 2 fully saturated rings. The minimum atomic E-state index is -0.647. The van der Waals surface area contributed by atoms with Crippen LogP contribution < -0.4 is 11.1 Å². The Kier molecular flexibility index (Phi) is 5.45. The van der Waals surface area contributed by atoms with E-state index in [4.69, 9.17) is 15.5 Å². The Morgan fingerprint density at radius 2 is 2.00 bits per heavy atom. The fourth-order valence-electron chi connectivity index (χ4n) is 5.41. The largest absolute Gasteiger partial charge is 0.382 e. The number of carbonyl (C=O) groups excluding carboxylic acids is 2. The van der Waals surface area contributed by atoms with Crippen LogP contribution in [0.1, 0.15) is 29.0 Å². The summed E-state index contributed by atoms with van der Waals surface area (Å²) in [6.45, 7) is 4.70. The maximum Gasteiger partial charge on any atom is 0.256 e. The van der Waals surface area contributed by atoms with Crippen molar-refractivity contribution in [2.75, 3.05) is 24.2 Å². The number of likely N-dealkylation sites (tertiary alicyclic amines) is 1. The molecule has 5 heterocycles. The smallest absolute Gasteiger partial charge is 0.256 e. The van der Waals surface area contributed by atoms with Gasteiger partial charge in [0, 0.05) is 55.7 Å². The van der Waals surface area contributed by atoms with Crippen molar-refractivity contribution >= 4 is 29.0 Å². The van der Waals surface area contributed by atoms with Gasteiger partial charge in [-0.2, -0.15) is 0 Å². The van der Waals surface area contributed by atoms with E-state index in [-0.39, 0.29) is 17.9 Å². The number of nitrogens with one attached hydrogen (secondary N) is 1. The van der Waals surface area contributed by atoms with Gasteiger partial charge in [0.2, 0.25) is 5.91 Å². The van der Waals surface area contributed by atoms with E-state index < -0.39 is 5.54 Å². The number of nitrogens with zero attached hydrogens (tertiary/aromatic N) is 5. The first-order chi connectivity index (χ1) is 18.0. The highest BCUT2D eigenvalue weighted by molar-refractivity contribution is 6.04. The Morgan fingerprint density at radius 1 is 1.16 bits per heavy atom. The molecular formula is C27H25N7O3. The van der Waals surface area contributed by atoms with Gasteiger partial charge in [0.25, 0.3) is 5.91 Å². The first-order valence-corrected chi connectivity index (χ1v) is 12.0. The number of hydrogen-bond donors (Lipinski definition) is 2. The molecule has 0 spiro atoms. The number of ether oxygens (including phenoxy) is 1.